The molecule has 2 aromatic rings. The molecule has 1 aliphatic rings. The highest BCUT2D eigenvalue weighted by atomic mass is 16.2. The van der Waals surface area contributed by atoms with Crippen molar-refractivity contribution in [3.05, 3.63) is 54.1 Å². The number of rotatable bonds is 4. The largest absolute Gasteiger partial charge is 0.344 e. The number of benzene rings is 2. The summed E-state index contributed by atoms with van der Waals surface area (Å²) in [6.45, 7) is 3.29. The van der Waals surface area contributed by atoms with Gasteiger partial charge in [0.25, 0.3) is 11.8 Å². The van der Waals surface area contributed by atoms with E-state index in [1.807, 2.05) is 36.4 Å². The minimum atomic E-state index is -0.901. The van der Waals surface area contributed by atoms with E-state index in [1.54, 1.807) is 25.1 Å². The molecule has 7 nitrogen and oxygen atoms in total. The number of para-hydroxylation sites is 1. The number of hydrazine groups is 1. The Morgan fingerprint density at radius 2 is 1.79 bits per heavy atom. The standard InChI is InChI=1S/C21H20N4O3/c1-13-15-7-3-4-8-16(15)17-9-5-6-10-18(17)25(21(13)28)24-20(27)14(2)23-19(26)11-12-22/h3-10,13-14H,11H2,1-2H3,(H,23,26)(H,24,27)/t13?,14-/m0/s1. The zero-order valence-electron chi connectivity index (χ0n) is 15.6. The third-order valence-electron chi connectivity index (χ3n) is 4.69. The van der Waals surface area contributed by atoms with E-state index >= 15 is 0 Å². The van der Waals surface area contributed by atoms with Gasteiger partial charge in [0.2, 0.25) is 5.91 Å². The van der Waals surface area contributed by atoms with Gasteiger partial charge in [0.05, 0.1) is 17.7 Å². The summed E-state index contributed by atoms with van der Waals surface area (Å²) in [7, 11) is 0. The lowest BCUT2D eigenvalue weighted by Crippen LogP contribution is -2.54. The lowest BCUT2D eigenvalue weighted by Gasteiger charge is -2.26. The Morgan fingerprint density at radius 3 is 2.50 bits per heavy atom. The molecule has 0 aliphatic carbocycles. The number of nitrogens with one attached hydrogen (secondary N) is 2. The van der Waals surface area contributed by atoms with Crippen molar-refractivity contribution >= 4 is 23.4 Å². The molecular weight excluding hydrogens is 356 g/mol. The number of anilines is 1. The molecule has 0 bridgehead atoms. The molecule has 0 spiro atoms. The van der Waals surface area contributed by atoms with Crippen LogP contribution in [0.3, 0.4) is 0 Å². The quantitative estimate of drug-likeness (QED) is 0.854. The monoisotopic (exact) mass is 376 g/mol. The summed E-state index contributed by atoms with van der Waals surface area (Å²) >= 11 is 0. The maximum atomic E-state index is 13.1. The van der Waals surface area contributed by atoms with Crippen LogP contribution in [0.25, 0.3) is 11.1 Å². The maximum absolute atomic E-state index is 13.1. The van der Waals surface area contributed by atoms with Crippen molar-refractivity contribution < 1.29 is 14.4 Å². The van der Waals surface area contributed by atoms with Gasteiger partial charge in [-0.05, 0) is 31.0 Å². The molecule has 0 fully saturated rings. The van der Waals surface area contributed by atoms with Gasteiger partial charge >= 0.3 is 0 Å². The van der Waals surface area contributed by atoms with Crippen molar-refractivity contribution in [3.63, 3.8) is 0 Å². The van der Waals surface area contributed by atoms with Crippen molar-refractivity contribution in [1.82, 2.24) is 10.7 Å². The van der Waals surface area contributed by atoms with Crippen LogP contribution in [0.2, 0.25) is 0 Å². The Balaban J connectivity index is 1.94. The normalized spacial score (nSPS) is 16.1. The van der Waals surface area contributed by atoms with Crippen LogP contribution in [0.4, 0.5) is 5.69 Å². The van der Waals surface area contributed by atoms with Crippen molar-refractivity contribution in [1.29, 1.82) is 5.26 Å². The number of hydrogen-bond acceptors (Lipinski definition) is 4. The summed E-state index contributed by atoms with van der Waals surface area (Å²) in [4.78, 5) is 37.3. The van der Waals surface area contributed by atoms with E-state index in [0.29, 0.717) is 5.69 Å². The molecule has 2 N–H and O–H groups in total. The SMILES string of the molecule is CC1C(=O)N(NC(=O)[C@H](C)NC(=O)CC#N)c2ccccc2-c2ccccc21. The molecule has 2 aromatic carbocycles. The maximum Gasteiger partial charge on any atom is 0.261 e. The highest BCUT2D eigenvalue weighted by Crippen LogP contribution is 2.39. The Morgan fingerprint density at radius 1 is 1.14 bits per heavy atom. The van der Waals surface area contributed by atoms with Crippen LogP contribution in [-0.2, 0) is 14.4 Å². The van der Waals surface area contributed by atoms with Gasteiger partial charge in [0, 0.05) is 5.56 Å². The number of hydrogen-bond donors (Lipinski definition) is 2. The summed E-state index contributed by atoms with van der Waals surface area (Å²) in [6, 6.07) is 15.8. The van der Waals surface area contributed by atoms with Crippen LogP contribution in [0.5, 0.6) is 0 Å². The number of carbonyl (C=O) groups is 3. The van der Waals surface area contributed by atoms with Crippen LogP contribution in [0, 0.1) is 11.3 Å². The highest BCUT2D eigenvalue weighted by molar-refractivity contribution is 6.06. The minimum absolute atomic E-state index is 0.277. The van der Waals surface area contributed by atoms with E-state index in [0.717, 1.165) is 16.7 Å². The van der Waals surface area contributed by atoms with Crippen molar-refractivity contribution in [2.75, 3.05) is 5.01 Å². The average molecular weight is 376 g/mol. The number of amides is 3. The van der Waals surface area contributed by atoms with E-state index in [4.69, 9.17) is 5.26 Å². The Bertz CT molecular complexity index is 980. The van der Waals surface area contributed by atoms with Gasteiger partial charge in [-0.15, -0.1) is 0 Å². The molecule has 3 rings (SSSR count). The van der Waals surface area contributed by atoms with E-state index in [-0.39, 0.29) is 12.3 Å². The number of fused-ring (bicyclic) bond motifs is 3. The van der Waals surface area contributed by atoms with E-state index in [2.05, 4.69) is 10.7 Å². The third kappa shape index (κ3) is 3.58. The number of nitriles is 1. The Kier molecular flexibility index (Phi) is 5.41. The van der Waals surface area contributed by atoms with Crippen molar-refractivity contribution in [2.45, 2.75) is 32.2 Å². The second-order valence-electron chi connectivity index (χ2n) is 6.60. The molecule has 3 amide bonds. The first kappa shape index (κ1) is 19.1. The summed E-state index contributed by atoms with van der Waals surface area (Å²) in [6.07, 6.45) is -0.338. The molecule has 1 unspecified atom stereocenters. The topological polar surface area (TPSA) is 102 Å². The molecule has 0 saturated carbocycles. The fraction of sp³-hybridized carbons (Fsp3) is 0.238. The molecule has 2 atom stereocenters. The van der Waals surface area contributed by atoms with Crippen LogP contribution >= 0.6 is 0 Å². The second-order valence-corrected chi connectivity index (χ2v) is 6.60. The summed E-state index contributed by atoms with van der Waals surface area (Å²) in [5, 5.41) is 12.3. The van der Waals surface area contributed by atoms with Gasteiger partial charge in [-0.25, -0.2) is 5.01 Å². The molecule has 142 valence electrons. The first-order valence-electron chi connectivity index (χ1n) is 8.93. The van der Waals surface area contributed by atoms with Gasteiger partial charge in [-0.1, -0.05) is 42.5 Å². The number of nitrogens with zero attached hydrogens (tertiary/aromatic N) is 2. The fourth-order valence-electron chi connectivity index (χ4n) is 3.21. The van der Waals surface area contributed by atoms with Gasteiger partial charge < -0.3 is 5.32 Å². The van der Waals surface area contributed by atoms with Crippen LogP contribution in [0.1, 0.15) is 31.7 Å². The first-order valence-corrected chi connectivity index (χ1v) is 8.93. The minimum Gasteiger partial charge on any atom is -0.344 e. The van der Waals surface area contributed by atoms with Gasteiger partial charge in [0.15, 0.2) is 0 Å². The van der Waals surface area contributed by atoms with E-state index < -0.39 is 23.8 Å². The van der Waals surface area contributed by atoms with Crippen molar-refractivity contribution in [2.24, 2.45) is 0 Å². The van der Waals surface area contributed by atoms with Gasteiger partial charge in [-0.2, -0.15) is 5.26 Å². The van der Waals surface area contributed by atoms with E-state index in [1.165, 1.54) is 11.9 Å². The van der Waals surface area contributed by atoms with E-state index in [9.17, 15) is 14.4 Å². The van der Waals surface area contributed by atoms with Crippen LogP contribution in [0.15, 0.2) is 48.5 Å². The number of carbonyl (C=O) groups excluding carboxylic acids is 3. The molecule has 28 heavy (non-hydrogen) atoms. The Labute approximate surface area is 162 Å². The second kappa shape index (κ2) is 7.92. The van der Waals surface area contributed by atoms with Gasteiger partial charge in [-0.3, -0.25) is 19.8 Å². The lowest BCUT2D eigenvalue weighted by atomic mass is 9.92. The first-order chi connectivity index (χ1) is 13.4. The zero-order valence-corrected chi connectivity index (χ0v) is 15.6. The van der Waals surface area contributed by atoms with Crippen molar-refractivity contribution in [3.8, 4) is 17.2 Å². The van der Waals surface area contributed by atoms with Crippen LogP contribution < -0.4 is 15.8 Å². The highest BCUT2D eigenvalue weighted by Gasteiger charge is 2.33. The third-order valence-corrected chi connectivity index (χ3v) is 4.69. The Hall–Kier alpha value is -3.66. The molecule has 7 heteroatoms. The zero-order chi connectivity index (χ0) is 20.3. The molecule has 1 heterocycles. The predicted octanol–water partition coefficient (Wildman–Crippen LogP) is 2.25. The van der Waals surface area contributed by atoms with Crippen LogP contribution in [-0.4, -0.2) is 23.8 Å². The molecule has 0 radical (unpaired) electrons. The molecule has 1 aliphatic heterocycles. The molecule has 0 saturated heterocycles. The summed E-state index contributed by atoms with van der Waals surface area (Å²) < 4.78 is 0. The predicted molar refractivity (Wildman–Crippen MR) is 104 cm³/mol. The smallest absolute Gasteiger partial charge is 0.261 e. The average Bonchev–Trinajstić information content (AvgIpc) is 2.78. The molecule has 0 aromatic heterocycles. The lowest BCUT2D eigenvalue weighted by molar-refractivity contribution is -0.130. The molecular formula is C21H20N4O3. The summed E-state index contributed by atoms with van der Waals surface area (Å²) in [5.74, 6) is -1.84. The van der Waals surface area contributed by atoms with Gasteiger partial charge in [0.1, 0.15) is 12.5 Å². The fourth-order valence-corrected chi connectivity index (χ4v) is 3.21. The summed E-state index contributed by atoms with van der Waals surface area (Å²) in [5.41, 5.74) is 5.84.